The summed E-state index contributed by atoms with van der Waals surface area (Å²) < 4.78 is 0. The fraction of sp³-hybridized carbons (Fsp3) is 0.556. The van der Waals surface area contributed by atoms with Crippen LogP contribution in [0.15, 0.2) is 48.5 Å². The predicted molar refractivity (Wildman–Crippen MR) is 181 cm³/mol. The van der Waals surface area contributed by atoms with Crippen molar-refractivity contribution >= 4 is 36.1 Å². The number of unbranched alkanes of at least 4 members (excludes halogenated alkanes) is 1. The number of carboxylic acid groups (broad SMARTS) is 1. The van der Waals surface area contributed by atoms with Crippen LogP contribution in [0, 0.1) is 0 Å². The minimum absolute atomic E-state index is 0. The van der Waals surface area contributed by atoms with Crippen LogP contribution < -0.4 is 10.6 Å². The van der Waals surface area contributed by atoms with Gasteiger partial charge < -0.3 is 25.7 Å². The molecule has 10 nitrogen and oxygen atoms in total. The largest absolute Gasteiger partial charge is 0.478 e. The summed E-state index contributed by atoms with van der Waals surface area (Å²) in [5.74, 6) is -1.33. The SMILES string of the molecule is CCCCN1C(=O)[C@@H](CC2(O)CCCCCC2)NC(=O)C12CCN(Cc1ccc(C(=O)NCc3ccc(C(=O)O)cc3)cc1)CC2.Cl. The minimum atomic E-state index is -0.988. The number of carbonyl (C=O) groups is 4. The molecule has 2 aliphatic heterocycles. The maximum Gasteiger partial charge on any atom is 0.335 e. The van der Waals surface area contributed by atoms with E-state index in [1.807, 2.05) is 17.0 Å². The number of nitrogens with one attached hydrogen (secondary N) is 2. The molecule has 256 valence electrons. The van der Waals surface area contributed by atoms with E-state index in [1.165, 1.54) is 12.1 Å². The van der Waals surface area contributed by atoms with Gasteiger partial charge in [0.15, 0.2) is 0 Å². The molecule has 47 heavy (non-hydrogen) atoms. The van der Waals surface area contributed by atoms with E-state index in [0.717, 1.165) is 49.7 Å². The van der Waals surface area contributed by atoms with Crippen LogP contribution in [-0.2, 0) is 22.7 Å². The van der Waals surface area contributed by atoms with Crippen LogP contribution in [0.2, 0.25) is 0 Å². The van der Waals surface area contributed by atoms with Gasteiger partial charge in [0.2, 0.25) is 11.8 Å². The lowest BCUT2D eigenvalue weighted by atomic mass is 9.79. The molecular weight excluding hydrogens is 620 g/mol. The standard InChI is InChI=1S/C36H48N4O6.ClH/c1-2-3-20-40-32(42)30(23-35(46)16-6-4-5-7-17-35)38-34(45)36(40)18-21-39(22-19-36)25-27-10-12-28(13-11-27)31(41)37-24-26-8-14-29(15-9-26)33(43)44;/h8-15,30,46H,2-7,16-25H2,1H3,(H,37,41)(H,38,45)(H,43,44);1H/t30-;/m1./s1. The molecule has 2 aromatic rings. The summed E-state index contributed by atoms with van der Waals surface area (Å²) in [6.07, 6.45) is 8.62. The third-order valence-electron chi connectivity index (χ3n) is 10.1. The Morgan fingerprint density at radius 3 is 2.09 bits per heavy atom. The number of amides is 3. The van der Waals surface area contributed by atoms with Gasteiger partial charge in [-0.3, -0.25) is 19.3 Å². The van der Waals surface area contributed by atoms with Crippen molar-refractivity contribution in [1.82, 2.24) is 20.4 Å². The average Bonchev–Trinajstić information content (AvgIpc) is 3.28. The number of nitrogens with zero attached hydrogens (tertiary/aromatic N) is 2. The van der Waals surface area contributed by atoms with Gasteiger partial charge in [0.25, 0.3) is 5.91 Å². The quantitative estimate of drug-likeness (QED) is 0.255. The number of benzene rings is 2. The van der Waals surface area contributed by atoms with Crippen LogP contribution in [-0.4, -0.2) is 80.5 Å². The Bertz CT molecular complexity index is 1380. The molecule has 1 aliphatic carbocycles. The summed E-state index contributed by atoms with van der Waals surface area (Å²) in [5.41, 5.74) is 0.845. The molecule has 2 saturated heterocycles. The van der Waals surface area contributed by atoms with E-state index in [2.05, 4.69) is 22.5 Å². The van der Waals surface area contributed by atoms with Crippen LogP contribution in [0.25, 0.3) is 0 Å². The number of carbonyl (C=O) groups excluding carboxylic acids is 3. The lowest BCUT2D eigenvalue weighted by molar-refractivity contribution is -0.163. The van der Waals surface area contributed by atoms with Crippen LogP contribution in [0.3, 0.4) is 0 Å². The van der Waals surface area contributed by atoms with Gasteiger partial charge in [-0.15, -0.1) is 12.4 Å². The molecule has 1 spiro atoms. The molecule has 5 rings (SSSR count). The van der Waals surface area contributed by atoms with E-state index >= 15 is 0 Å². The number of rotatable bonds is 11. The van der Waals surface area contributed by atoms with E-state index in [1.54, 1.807) is 24.3 Å². The first-order valence-corrected chi connectivity index (χ1v) is 16.9. The summed E-state index contributed by atoms with van der Waals surface area (Å²) in [7, 11) is 0. The van der Waals surface area contributed by atoms with Crippen molar-refractivity contribution in [2.24, 2.45) is 0 Å². The Morgan fingerprint density at radius 1 is 0.894 bits per heavy atom. The van der Waals surface area contributed by atoms with E-state index < -0.39 is 23.2 Å². The normalized spacial score (nSPS) is 21.0. The molecule has 3 aliphatic rings. The van der Waals surface area contributed by atoms with Gasteiger partial charge >= 0.3 is 5.97 Å². The average molecular weight is 669 g/mol. The number of aromatic carboxylic acids is 1. The summed E-state index contributed by atoms with van der Waals surface area (Å²) in [6.45, 7) is 4.94. The van der Waals surface area contributed by atoms with Gasteiger partial charge in [0, 0.05) is 44.7 Å². The fourth-order valence-corrected chi connectivity index (χ4v) is 7.27. The monoisotopic (exact) mass is 668 g/mol. The molecule has 2 heterocycles. The van der Waals surface area contributed by atoms with Crippen molar-refractivity contribution < 1.29 is 29.4 Å². The summed E-state index contributed by atoms with van der Waals surface area (Å²) in [6, 6.07) is 13.2. The van der Waals surface area contributed by atoms with Crippen molar-refractivity contribution in [2.75, 3.05) is 19.6 Å². The molecule has 11 heteroatoms. The Morgan fingerprint density at radius 2 is 1.49 bits per heavy atom. The molecule has 3 amide bonds. The van der Waals surface area contributed by atoms with Crippen molar-refractivity contribution in [2.45, 2.75) is 108 Å². The first kappa shape index (κ1) is 36.4. The number of hydrogen-bond donors (Lipinski definition) is 4. The van der Waals surface area contributed by atoms with Crippen LogP contribution in [0.1, 0.15) is 109 Å². The first-order chi connectivity index (χ1) is 22.1. The van der Waals surface area contributed by atoms with Crippen molar-refractivity contribution in [3.05, 3.63) is 70.8 Å². The molecule has 4 N–H and O–H groups in total. The van der Waals surface area contributed by atoms with Crippen LogP contribution in [0.4, 0.5) is 0 Å². The Kier molecular flexibility index (Phi) is 12.4. The molecule has 3 fully saturated rings. The number of hydrogen-bond acceptors (Lipinski definition) is 6. The Hall–Kier alpha value is -3.47. The van der Waals surface area contributed by atoms with Gasteiger partial charge in [-0.1, -0.05) is 63.3 Å². The van der Waals surface area contributed by atoms with E-state index in [4.69, 9.17) is 5.11 Å². The van der Waals surface area contributed by atoms with E-state index in [9.17, 15) is 24.3 Å². The molecule has 0 aromatic heterocycles. The van der Waals surface area contributed by atoms with Crippen molar-refractivity contribution in [1.29, 1.82) is 0 Å². The number of piperazine rings is 1. The number of carboxylic acids is 1. The van der Waals surface area contributed by atoms with Crippen LogP contribution >= 0.6 is 12.4 Å². The molecule has 0 bridgehead atoms. The smallest absolute Gasteiger partial charge is 0.335 e. The Labute approximate surface area is 283 Å². The molecule has 0 radical (unpaired) electrons. The van der Waals surface area contributed by atoms with Crippen molar-refractivity contribution in [3.8, 4) is 0 Å². The first-order valence-electron chi connectivity index (χ1n) is 16.9. The minimum Gasteiger partial charge on any atom is -0.478 e. The van der Waals surface area contributed by atoms with Gasteiger partial charge in [-0.25, -0.2) is 4.79 Å². The second-order valence-corrected chi connectivity index (χ2v) is 13.4. The lowest BCUT2D eigenvalue weighted by Crippen LogP contribution is -2.73. The molecule has 0 unspecified atom stereocenters. The molecule has 2 aromatic carbocycles. The zero-order valence-corrected chi connectivity index (χ0v) is 28.2. The summed E-state index contributed by atoms with van der Waals surface area (Å²) in [4.78, 5) is 55.6. The number of piperidine rings is 1. The highest BCUT2D eigenvalue weighted by atomic mass is 35.5. The maximum absolute atomic E-state index is 13.9. The zero-order valence-electron chi connectivity index (χ0n) is 27.3. The molecule has 1 atom stereocenters. The van der Waals surface area contributed by atoms with E-state index in [-0.39, 0.29) is 42.1 Å². The van der Waals surface area contributed by atoms with Gasteiger partial charge in [0.05, 0.1) is 11.2 Å². The van der Waals surface area contributed by atoms with Crippen LogP contribution in [0.5, 0.6) is 0 Å². The third kappa shape index (κ3) is 8.72. The predicted octanol–water partition coefficient (Wildman–Crippen LogP) is 4.67. The Balaban J connectivity index is 0.00000500. The highest BCUT2D eigenvalue weighted by Gasteiger charge is 2.54. The number of aliphatic hydroxyl groups is 1. The second-order valence-electron chi connectivity index (χ2n) is 13.4. The summed E-state index contributed by atoms with van der Waals surface area (Å²) >= 11 is 0. The summed E-state index contributed by atoms with van der Waals surface area (Å²) in [5, 5.41) is 26.3. The highest BCUT2D eigenvalue weighted by molar-refractivity contribution is 6.00. The highest BCUT2D eigenvalue weighted by Crippen LogP contribution is 2.37. The van der Waals surface area contributed by atoms with E-state index in [0.29, 0.717) is 64.0 Å². The molecular formula is C36H49ClN4O6. The molecule has 1 saturated carbocycles. The number of halogens is 1. The number of likely N-dealkylation sites (tertiary alicyclic amines) is 1. The third-order valence-corrected chi connectivity index (χ3v) is 10.1. The van der Waals surface area contributed by atoms with Gasteiger partial charge in [-0.2, -0.15) is 0 Å². The zero-order chi connectivity index (χ0) is 32.7. The lowest BCUT2D eigenvalue weighted by Gasteiger charge is -2.52. The topological polar surface area (TPSA) is 139 Å². The maximum atomic E-state index is 13.9. The van der Waals surface area contributed by atoms with Gasteiger partial charge in [0.1, 0.15) is 11.6 Å². The fourth-order valence-electron chi connectivity index (χ4n) is 7.27. The second kappa shape index (κ2) is 16.1. The van der Waals surface area contributed by atoms with Crippen molar-refractivity contribution in [3.63, 3.8) is 0 Å². The van der Waals surface area contributed by atoms with Gasteiger partial charge in [-0.05, 0) is 67.5 Å².